The smallest absolute Gasteiger partial charge is 0.255 e. The molecule has 0 aliphatic carbocycles. The molecule has 1 aromatic heterocycles. The number of aromatic nitrogens is 1. The third-order valence-electron chi connectivity index (χ3n) is 3.76. The first-order valence-electron chi connectivity index (χ1n) is 8.41. The molecule has 1 amide bonds. The molecule has 0 radical (unpaired) electrons. The number of anilines is 2. The summed E-state index contributed by atoms with van der Waals surface area (Å²) in [6.45, 7) is 3.01. The maximum Gasteiger partial charge on any atom is 0.255 e. The number of nitrogens with one attached hydrogen (secondary N) is 2. The molecule has 134 valence electrons. The molecule has 0 bridgehead atoms. The van der Waals surface area contributed by atoms with Gasteiger partial charge in [0.15, 0.2) is 0 Å². The lowest BCUT2D eigenvalue weighted by atomic mass is 10.2. The Labute approximate surface area is 148 Å². The van der Waals surface area contributed by atoms with Crippen LogP contribution < -0.4 is 20.1 Å². The Morgan fingerprint density at radius 1 is 1.12 bits per heavy atom. The van der Waals surface area contributed by atoms with E-state index < -0.39 is 0 Å². The molecule has 25 heavy (non-hydrogen) atoms. The predicted molar refractivity (Wildman–Crippen MR) is 99.8 cm³/mol. The molecule has 6 nitrogen and oxygen atoms in total. The summed E-state index contributed by atoms with van der Waals surface area (Å²) >= 11 is 0. The number of carbonyl (C=O) groups excluding carboxylic acids is 1. The molecule has 2 aromatic rings. The van der Waals surface area contributed by atoms with Crippen LogP contribution in [0.5, 0.6) is 11.5 Å². The van der Waals surface area contributed by atoms with Crippen molar-refractivity contribution in [3.05, 3.63) is 42.1 Å². The fraction of sp³-hybridized carbons (Fsp3) is 0.368. The van der Waals surface area contributed by atoms with Crippen LogP contribution in [0.15, 0.2) is 36.5 Å². The van der Waals surface area contributed by atoms with Crippen LogP contribution in [0.2, 0.25) is 0 Å². The van der Waals surface area contributed by atoms with Crippen molar-refractivity contribution >= 4 is 17.4 Å². The molecule has 0 spiro atoms. The molecule has 0 aliphatic rings. The van der Waals surface area contributed by atoms with E-state index in [1.807, 2.05) is 0 Å². The van der Waals surface area contributed by atoms with Crippen molar-refractivity contribution in [1.82, 2.24) is 4.98 Å². The maximum absolute atomic E-state index is 12.5. The van der Waals surface area contributed by atoms with Gasteiger partial charge in [-0.2, -0.15) is 0 Å². The highest BCUT2D eigenvalue weighted by molar-refractivity contribution is 6.05. The minimum Gasteiger partial charge on any atom is -0.497 e. The van der Waals surface area contributed by atoms with Crippen LogP contribution in [0.25, 0.3) is 0 Å². The molecule has 0 saturated heterocycles. The number of carbonyl (C=O) groups is 1. The zero-order valence-electron chi connectivity index (χ0n) is 15.0. The van der Waals surface area contributed by atoms with Gasteiger partial charge in [-0.25, -0.2) is 4.98 Å². The molecule has 0 unspecified atom stereocenters. The number of ether oxygens (including phenoxy) is 2. The van der Waals surface area contributed by atoms with Gasteiger partial charge in [0.1, 0.15) is 17.3 Å². The van der Waals surface area contributed by atoms with E-state index >= 15 is 0 Å². The van der Waals surface area contributed by atoms with Crippen molar-refractivity contribution in [2.45, 2.75) is 26.2 Å². The summed E-state index contributed by atoms with van der Waals surface area (Å²) in [5, 5.41) is 6.10. The first-order chi connectivity index (χ1) is 12.2. The number of hydrogen-bond acceptors (Lipinski definition) is 5. The number of methoxy groups -OCH3 is 2. The summed E-state index contributed by atoms with van der Waals surface area (Å²) in [5.41, 5.74) is 1.08. The highest BCUT2D eigenvalue weighted by Gasteiger charge is 2.12. The van der Waals surface area contributed by atoms with E-state index in [2.05, 4.69) is 22.5 Å². The number of benzene rings is 1. The zero-order valence-corrected chi connectivity index (χ0v) is 15.0. The van der Waals surface area contributed by atoms with Gasteiger partial charge >= 0.3 is 0 Å². The third kappa shape index (κ3) is 5.38. The summed E-state index contributed by atoms with van der Waals surface area (Å²) < 4.78 is 10.5. The fourth-order valence-corrected chi connectivity index (χ4v) is 2.37. The summed E-state index contributed by atoms with van der Waals surface area (Å²) in [6, 6.07) is 8.68. The van der Waals surface area contributed by atoms with Gasteiger partial charge in [-0.3, -0.25) is 4.79 Å². The average Bonchev–Trinajstić information content (AvgIpc) is 2.65. The number of pyridine rings is 1. The third-order valence-corrected chi connectivity index (χ3v) is 3.76. The van der Waals surface area contributed by atoms with Crippen molar-refractivity contribution in [2.75, 3.05) is 31.4 Å². The number of amides is 1. The van der Waals surface area contributed by atoms with Crippen molar-refractivity contribution in [3.8, 4) is 11.5 Å². The van der Waals surface area contributed by atoms with Gasteiger partial charge in [-0.1, -0.05) is 19.8 Å². The number of hydrogen-bond donors (Lipinski definition) is 2. The lowest BCUT2D eigenvalue weighted by Crippen LogP contribution is -2.14. The summed E-state index contributed by atoms with van der Waals surface area (Å²) in [7, 11) is 3.13. The van der Waals surface area contributed by atoms with E-state index in [0.717, 1.165) is 13.0 Å². The second kappa shape index (κ2) is 9.52. The lowest BCUT2D eigenvalue weighted by molar-refractivity contribution is 0.102. The van der Waals surface area contributed by atoms with Crippen molar-refractivity contribution in [2.24, 2.45) is 0 Å². The van der Waals surface area contributed by atoms with Gasteiger partial charge in [0.05, 0.1) is 19.9 Å². The van der Waals surface area contributed by atoms with Gasteiger partial charge in [-0.05, 0) is 30.7 Å². The second-order valence-corrected chi connectivity index (χ2v) is 5.58. The van der Waals surface area contributed by atoms with Gasteiger partial charge in [0, 0.05) is 24.4 Å². The molecular formula is C19H25N3O3. The highest BCUT2D eigenvalue weighted by Crippen LogP contribution is 2.29. The molecule has 0 atom stereocenters. The van der Waals surface area contributed by atoms with Gasteiger partial charge in [-0.15, -0.1) is 0 Å². The lowest BCUT2D eigenvalue weighted by Gasteiger charge is -2.12. The minimum absolute atomic E-state index is 0.231. The van der Waals surface area contributed by atoms with Crippen molar-refractivity contribution in [3.63, 3.8) is 0 Å². The molecule has 0 saturated carbocycles. The summed E-state index contributed by atoms with van der Waals surface area (Å²) in [4.78, 5) is 16.8. The van der Waals surface area contributed by atoms with Crippen LogP contribution >= 0.6 is 0 Å². The Balaban J connectivity index is 2.08. The average molecular weight is 343 g/mol. The standard InChI is InChI=1S/C19H25N3O3/c1-4-5-6-10-20-18-12-14(9-11-21-18)19(23)22-16-13-15(24-2)7-8-17(16)25-3/h7-9,11-13H,4-6,10H2,1-3H3,(H,20,21)(H,22,23). The van der Waals surface area contributed by atoms with E-state index in [4.69, 9.17) is 9.47 Å². The first-order valence-corrected chi connectivity index (χ1v) is 8.41. The fourth-order valence-electron chi connectivity index (χ4n) is 2.37. The number of nitrogens with zero attached hydrogens (tertiary/aromatic N) is 1. The largest absolute Gasteiger partial charge is 0.497 e. The molecule has 0 fully saturated rings. The van der Waals surface area contributed by atoms with Crippen LogP contribution in [0.4, 0.5) is 11.5 Å². The highest BCUT2D eigenvalue weighted by atomic mass is 16.5. The Bertz CT molecular complexity index is 704. The topological polar surface area (TPSA) is 72.5 Å². The van der Waals surface area contributed by atoms with Crippen molar-refractivity contribution in [1.29, 1.82) is 0 Å². The molecule has 1 aromatic carbocycles. The Kier molecular flexibility index (Phi) is 7.07. The minimum atomic E-state index is -0.231. The van der Waals surface area contributed by atoms with Gasteiger partial charge in [0.2, 0.25) is 0 Å². The Morgan fingerprint density at radius 3 is 2.68 bits per heavy atom. The van der Waals surface area contributed by atoms with Gasteiger partial charge < -0.3 is 20.1 Å². The SMILES string of the molecule is CCCCCNc1cc(C(=O)Nc2cc(OC)ccc2OC)ccn1. The van der Waals surface area contributed by atoms with Crippen LogP contribution in [0.1, 0.15) is 36.5 Å². The van der Waals surface area contributed by atoms with E-state index in [-0.39, 0.29) is 5.91 Å². The van der Waals surface area contributed by atoms with E-state index in [0.29, 0.717) is 28.6 Å². The predicted octanol–water partition coefficient (Wildman–Crippen LogP) is 3.95. The van der Waals surface area contributed by atoms with Crippen LogP contribution in [-0.2, 0) is 0 Å². The molecule has 1 heterocycles. The molecular weight excluding hydrogens is 318 g/mol. The maximum atomic E-state index is 12.5. The first kappa shape index (κ1) is 18.6. The van der Waals surface area contributed by atoms with Crippen LogP contribution in [-0.4, -0.2) is 31.7 Å². The normalized spacial score (nSPS) is 10.2. The Morgan fingerprint density at radius 2 is 1.96 bits per heavy atom. The van der Waals surface area contributed by atoms with Gasteiger partial charge in [0.25, 0.3) is 5.91 Å². The molecule has 0 aliphatic heterocycles. The van der Waals surface area contributed by atoms with E-state index in [9.17, 15) is 4.79 Å². The quantitative estimate of drug-likeness (QED) is 0.675. The zero-order chi connectivity index (χ0) is 18.1. The second-order valence-electron chi connectivity index (χ2n) is 5.58. The monoisotopic (exact) mass is 343 g/mol. The molecule has 2 N–H and O–H groups in total. The number of unbranched alkanes of at least 4 members (excludes halogenated alkanes) is 2. The summed E-state index contributed by atoms with van der Waals surface area (Å²) in [5.74, 6) is 1.68. The Hall–Kier alpha value is -2.76. The molecule has 2 rings (SSSR count). The van der Waals surface area contributed by atoms with Crippen LogP contribution in [0, 0.1) is 0 Å². The molecule has 6 heteroatoms. The summed E-state index contributed by atoms with van der Waals surface area (Å²) in [6.07, 6.45) is 5.04. The van der Waals surface area contributed by atoms with Crippen molar-refractivity contribution < 1.29 is 14.3 Å². The van der Waals surface area contributed by atoms with Crippen LogP contribution in [0.3, 0.4) is 0 Å². The van der Waals surface area contributed by atoms with E-state index in [1.54, 1.807) is 50.7 Å². The van der Waals surface area contributed by atoms with E-state index in [1.165, 1.54) is 12.8 Å². The number of rotatable bonds is 9.